The monoisotopic (exact) mass is 451 g/mol. The molecule has 1 amide bonds. The maximum Gasteiger partial charge on any atom is 0.258 e. The van der Waals surface area contributed by atoms with E-state index in [9.17, 15) is 4.79 Å². The average molecular weight is 452 g/mol. The fourth-order valence-electron chi connectivity index (χ4n) is 4.38. The topological polar surface area (TPSA) is 37.3 Å². The number of carbonyl (C=O) groups is 1. The number of para-hydroxylation sites is 1. The van der Waals surface area contributed by atoms with Crippen LogP contribution >= 0.6 is 12.2 Å². The molecule has 1 aliphatic heterocycles. The normalized spacial score (nSPS) is 12.5. The molecule has 0 unspecified atom stereocenters. The van der Waals surface area contributed by atoms with Crippen molar-refractivity contribution in [3.63, 3.8) is 0 Å². The molecule has 1 N–H and O–H groups in total. The van der Waals surface area contributed by atoms with Gasteiger partial charge in [0.05, 0.1) is 6.54 Å². The molecule has 5 rings (SSSR count). The molecule has 2 heterocycles. The van der Waals surface area contributed by atoms with Crippen molar-refractivity contribution < 1.29 is 4.79 Å². The lowest BCUT2D eigenvalue weighted by Crippen LogP contribution is -2.30. The van der Waals surface area contributed by atoms with Crippen LogP contribution in [0, 0.1) is 13.8 Å². The molecule has 4 aromatic rings. The number of aryl methyl sites for hydroxylation is 2. The van der Waals surface area contributed by atoms with Crippen molar-refractivity contribution in [3.8, 4) is 0 Å². The van der Waals surface area contributed by atoms with E-state index >= 15 is 0 Å². The summed E-state index contributed by atoms with van der Waals surface area (Å²) >= 11 is 5.64. The minimum atomic E-state index is -0.00627. The van der Waals surface area contributed by atoms with Gasteiger partial charge in [0.2, 0.25) is 0 Å². The zero-order valence-corrected chi connectivity index (χ0v) is 19.5. The van der Waals surface area contributed by atoms with Crippen LogP contribution in [-0.4, -0.2) is 15.5 Å². The molecule has 5 heteroatoms. The number of nitrogens with zero attached hydrogens (tertiary/aromatic N) is 2. The number of thiocarbonyl (C=S) groups is 1. The van der Waals surface area contributed by atoms with Crippen LogP contribution in [-0.2, 0) is 13.1 Å². The first-order chi connectivity index (χ1) is 16.0. The fourth-order valence-corrected chi connectivity index (χ4v) is 4.72. The summed E-state index contributed by atoms with van der Waals surface area (Å²) in [7, 11) is 0. The lowest BCUT2D eigenvalue weighted by atomic mass is 10.1. The number of carbonyl (C=O) groups excluding carboxylic acids is 1. The third-order valence-electron chi connectivity index (χ3n) is 6.22. The highest BCUT2D eigenvalue weighted by Gasteiger charge is 2.25. The first-order valence-corrected chi connectivity index (χ1v) is 11.4. The van der Waals surface area contributed by atoms with Crippen LogP contribution in [0.1, 0.15) is 38.3 Å². The van der Waals surface area contributed by atoms with E-state index in [2.05, 4.69) is 28.2 Å². The number of aromatic nitrogens is 1. The molecule has 0 radical (unpaired) electrons. The van der Waals surface area contributed by atoms with Crippen molar-refractivity contribution in [1.29, 1.82) is 0 Å². The zero-order valence-electron chi connectivity index (χ0n) is 18.7. The van der Waals surface area contributed by atoms with Gasteiger partial charge < -0.3 is 14.8 Å². The number of rotatable bonds is 3. The number of benzene rings is 3. The molecule has 1 aromatic heterocycles. The molecule has 4 nitrogen and oxygen atoms in total. The Hall–Kier alpha value is -3.70. The first kappa shape index (κ1) is 21.2. The summed E-state index contributed by atoms with van der Waals surface area (Å²) in [5, 5.41) is 3.35. The number of fused-ring (bicyclic) bond motifs is 2. The zero-order chi connectivity index (χ0) is 22.9. The van der Waals surface area contributed by atoms with Crippen LogP contribution in [0.5, 0.6) is 0 Å². The highest BCUT2D eigenvalue weighted by molar-refractivity contribution is 7.81. The van der Waals surface area contributed by atoms with E-state index in [4.69, 9.17) is 12.2 Å². The van der Waals surface area contributed by atoms with Gasteiger partial charge in [-0.05, 0) is 66.9 Å². The molecule has 0 aliphatic carbocycles. The van der Waals surface area contributed by atoms with Crippen LogP contribution in [0.4, 0.5) is 11.4 Å². The van der Waals surface area contributed by atoms with Gasteiger partial charge in [-0.15, -0.1) is 0 Å². The lowest BCUT2D eigenvalue weighted by molar-refractivity contribution is 0.0985. The lowest BCUT2D eigenvalue weighted by Gasteiger charge is -2.23. The van der Waals surface area contributed by atoms with Gasteiger partial charge in [-0.1, -0.05) is 54.7 Å². The summed E-state index contributed by atoms with van der Waals surface area (Å²) in [4.78, 5) is 16.2. The van der Waals surface area contributed by atoms with E-state index in [1.54, 1.807) is 0 Å². The molecule has 3 aromatic carbocycles. The van der Waals surface area contributed by atoms with Crippen molar-refractivity contribution in [2.75, 3.05) is 10.2 Å². The fraction of sp³-hybridized carbons (Fsp3) is 0.143. The van der Waals surface area contributed by atoms with Gasteiger partial charge in [-0.25, -0.2) is 0 Å². The van der Waals surface area contributed by atoms with Gasteiger partial charge >= 0.3 is 0 Å². The van der Waals surface area contributed by atoms with Crippen molar-refractivity contribution in [3.05, 3.63) is 119 Å². The second-order valence-electron chi connectivity index (χ2n) is 8.45. The summed E-state index contributed by atoms with van der Waals surface area (Å²) in [6.45, 7) is 5.36. The van der Waals surface area contributed by atoms with Gasteiger partial charge in [-0.3, -0.25) is 4.79 Å². The Bertz CT molecular complexity index is 1370. The van der Waals surface area contributed by atoms with Crippen LogP contribution < -0.4 is 10.2 Å². The molecule has 0 fully saturated rings. The van der Waals surface area contributed by atoms with E-state index in [1.807, 2.05) is 85.5 Å². The summed E-state index contributed by atoms with van der Waals surface area (Å²) in [5.74, 6) is -0.00627. The van der Waals surface area contributed by atoms with Gasteiger partial charge in [0.15, 0.2) is 0 Å². The highest BCUT2D eigenvalue weighted by atomic mass is 32.1. The molecule has 0 saturated carbocycles. The molecule has 0 bridgehead atoms. The molecular formula is C28H25N3OS. The van der Waals surface area contributed by atoms with E-state index in [0.29, 0.717) is 17.1 Å². The average Bonchev–Trinajstić information content (AvgIpc) is 3.19. The van der Waals surface area contributed by atoms with Gasteiger partial charge in [0.1, 0.15) is 4.99 Å². The summed E-state index contributed by atoms with van der Waals surface area (Å²) in [5.41, 5.74) is 7.91. The molecular weight excluding hydrogens is 426 g/mol. The van der Waals surface area contributed by atoms with Crippen molar-refractivity contribution in [1.82, 2.24) is 4.57 Å². The Morgan fingerprint density at radius 1 is 0.879 bits per heavy atom. The van der Waals surface area contributed by atoms with E-state index in [0.717, 1.165) is 45.9 Å². The summed E-state index contributed by atoms with van der Waals surface area (Å²) in [6.07, 6.45) is 2.07. The van der Waals surface area contributed by atoms with E-state index in [-0.39, 0.29) is 5.91 Å². The maximum atomic E-state index is 13.7. The Kier molecular flexibility index (Phi) is 5.56. The number of hydrogen-bond acceptors (Lipinski definition) is 2. The Morgan fingerprint density at radius 2 is 1.67 bits per heavy atom. The Balaban J connectivity index is 1.43. The third kappa shape index (κ3) is 4.08. The van der Waals surface area contributed by atoms with E-state index < -0.39 is 0 Å². The maximum absolute atomic E-state index is 13.7. The van der Waals surface area contributed by atoms with Crippen LogP contribution in [0.3, 0.4) is 0 Å². The largest absolute Gasteiger partial charge is 0.346 e. The minimum absolute atomic E-state index is 0.00627. The van der Waals surface area contributed by atoms with Crippen molar-refractivity contribution in [2.45, 2.75) is 26.9 Å². The molecule has 33 heavy (non-hydrogen) atoms. The van der Waals surface area contributed by atoms with E-state index in [1.165, 1.54) is 0 Å². The van der Waals surface area contributed by atoms with Gasteiger partial charge in [0.25, 0.3) is 5.91 Å². The van der Waals surface area contributed by atoms with Gasteiger partial charge in [-0.2, -0.15) is 0 Å². The molecule has 0 spiro atoms. The molecule has 1 aliphatic rings. The first-order valence-electron chi connectivity index (χ1n) is 11.0. The van der Waals surface area contributed by atoms with Crippen LogP contribution in [0.2, 0.25) is 0 Å². The van der Waals surface area contributed by atoms with Crippen molar-refractivity contribution in [2.24, 2.45) is 0 Å². The number of nitrogens with one attached hydrogen (secondary N) is 1. The highest BCUT2D eigenvalue weighted by Crippen LogP contribution is 2.30. The second-order valence-corrected chi connectivity index (χ2v) is 8.85. The number of hydrogen-bond donors (Lipinski definition) is 1. The Morgan fingerprint density at radius 3 is 2.48 bits per heavy atom. The summed E-state index contributed by atoms with van der Waals surface area (Å²) < 4.78 is 2.21. The molecule has 0 saturated heterocycles. The van der Waals surface area contributed by atoms with Crippen molar-refractivity contribution >= 4 is 34.5 Å². The number of anilines is 2. The standard InChI is InChI=1S/C28H25N3OS/c1-19-8-3-5-11-24(19)27(33)29-25-14-13-21(16-20(25)2)28(32)31-18-23-10-7-15-30(23)17-22-9-4-6-12-26(22)31/h3-16H,17-18H2,1-2H3,(H,29,33). The third-order valence-corrected chi connectivity index (χ3v) is 6.55. The van der Waals surface area contributed by atoms with Gasteiger partial charge in [0, 0.05) is 40.9 Å². The van der Waals surface area contributed by atoms with Crippen LogP contribution in [0.25, 0.3) is 0 Å². The SMILES string of the molecule is Cc1cc(C(=O)N2Cc3cccn3Cc3ccccc32)ccc1NC(=S)c1ccccc1C. The smallest absolute Gasteiger partial charge is 0.258 e. The Labute approximate surface area is 199 Å². The number of amides is 1. The minimum Gasteiger partial charge on any atom is -0.346 e. The quantitative estimate of drug-likeness (QED) is 0.382. The predicted octanol–water partition coefficient (Wildman–Crippen LogP) is 6.10. The second kappa shape index (κ2) is 8.68. The molecule has 164 valence electrons. The predicted molar refractivity (Wildman–Crippen MR) is 138 cm³/mol. The van der Waals surface area contributed by atoms with Crippen LogP contribution in [0.15, 0.2) is 85.1 Å². The molecule has 0 atom stereocenters. The summed E-state index contributed by atoms with van der Waals surface area (Å²) in [6, 6.07) is 26.1.